The molecule has 8 nitrogen and oxygen atoms in total. The standard InChI is InChI=1S/C25H19F2NO7/c26-25(27)35-17-8-6-16(7-9-17)28-22(29)14-34-24(31)19-4-2-1-3-18(19)23(30)15-5-10-20-21(13-15)33-12-11-32-20/h1-10,13,25H,11-12,14H2,(H,28,29). The van der Waals surface area contributed by atoms with Gasteiger partial charge in [0.05, 0.1) is 5.56 Å². The molecule has 0 aromatic heterocycles. The highest BCUT2D eigenvalue weighted by Gasteiger charge is 2.22. The third kappa shape index (κ3) is 5.91. The first-order valence-corrected chi connectivity index (χ1v) is 10.5. The molecule has 1 aliphatic rings. The Kier molecular flexibility index (Phi) is 7.20. The van der Waals surface area contributed by atoms with Gasteiger partial charge >= 0.3 is 12.6 Å². The summed E-state index contributed by atoms with van der Waals surface area (Å²) in [4.78, 5) is 37.9. The SMILES string of the molecule is O=C(COC(=O)c1ccccc1C(=O)c1ccc2c(c1)OCCO2)Nc1ccc(OC(F)F)cc1. The van der Waals surface area contributed by atoms with Crippen molar-refractivity contribution in [2.75, 3.05) is 25.1 Å². The molecule has 4 rings (SSSR count). The van der Waals surface area contributed by atoms with Gasteiger partial charge in [-0.15, -0.1) is 0 Å². The largest absolute Gasteiger partial charge is 0.486 e. The Labute approximate surface area is 198 Å². The average molecular weight is 483 g/mol. The minimum atomic E-state index is -2.96. The monoisotopic (exact) mass is 483 g/mol. The van der Waals surface area contributed by atoms with Crippen molar-refractivity contribution in [3.05, 3.63) is 83.4 Å². The van der Waals surface area contributed by atoms with E-state index in [4.69, 9.17) is 14.2 Å². The lowest BCUT2D eigenvalue weighted by Crippen LogP contribution is -2.22. The van der Waals surface area contributed by atoms with Crippen LogP contribution in [0.1, 0.15) is 26.3 Å². The van der Waals surface area contributed by atoms with Crippen LogP contribution in [-0.4, -0.2) is 44.1 Å². The molecule has 0 aliphatic carbocycles. The van der Waals surface area contributed by atoms with Crippen molar-refractivity contribution in [3.8, 4) is 17.2 Å². The van der Waals surface area contributed by atoms with Crippen molar-refractivity contribution in [2.24, 2.45) is 0 Å². The minimum Gasteiger partial charge on any atom is -0.486 e. The summed E-state index contributed by atoms with van der Waals surface area (Å²) in [5.41, 5.74) is 0.686. The van der Waals surface area contributed by atoms with E-state index < -0.39 is 30.9 Å². The number of carbonyl (C=O) groups is 3. The van der Waals surface area contributed by atoms with Gasteiger partial charge in [-0.1, -0.05) is 18.2 Å². The molecule has 0 fully saturated rings. The Morgan fingerprint density at radius 1 is 0.886 bits per heavy atom. The van der Waals surface area contributed by atoms with Gasteiger partial charge < -0.3 is 24.3 Å². The van der Waals surface area contributed by atoms with Crippen LogP contribution in [0.2, 0.25) is 0 Å². The first kappa shape index (κ1) is 23.7. The molecule has 0 saturated carbocycles. The lowest BCUT2D eigenvalue weighted by Gasteiger charge is -2.18. The highest BCUT2D eigenvalue weighted by atomic mass is 19.3. The maximum absolute atomic E-state index is 13.1. The Morgan fingerprint density at radius 3 is 2.29 bits per heavy atom. The second kappa shape index (κ2) is 10.6. The number of halogens is 2. The average Bonchev–Trinajstić information content (AvgIpc) is 2.87. The van der Waals surface area contributed by atoms with E-state index in [-0.39, 0.29) is 16.9 Å². The molecule has 0 unspecified atom stereocenters. The summed E-state index contributed by atoms with van der Waals surface area (Å²) in [6.07, 6.45) is 0. The fraction of sp³-hybridized carbons (Fsp3) is 0.160. The van der Waals surface area contributed by atoms with Crippen LogP contribution in [0, 0.1) is 0 Å². The summed E-state index contributed by atoms with van der Waals surface area (Å²) < 4.78 is 44.7. The molecular weight excluding hydrogens is 464 g/mol. The molecule has 0 saturated heterocycles. The third-order valence-corrected chi connectivity index (χ3v) is 4.89. The molecule has 1 N–H and O–H groups in total. The Hall–Kier alpha value is -4.47. The molecule has 10 heteroatoms. The summed E-state index contributed by atoms with van der Waals surface area (Å²) in [5.74, 6) is -1.04. The molecule has 1 aliphatic heterocycles. The summed E-state index contributed by atoms with van der Waals surface area (Å²) in [7, 11) is 0. The van der Waals surface area contributed by atoms with Crippen LogP contribution in [0.25, 0.3) is 0 Å². The normalized spacial score (nSPS) is 12.1. The van der Waals surface area contributed by atoms with Crippen molar-refractivity contribution in [2.45, 2.75) is 6.61 Å². The number of ketones is 1. The van der Waals surface area contributed by atoms with E-state index in [9.17, 15) is 23.2 Å². The predicted molar refractivity (Wildman–Crippen MR) is 119 cm³/mol. The molecule has 180 valence electrons. The van der Waals surface area contributed by atoms with Crippen molar-refractivity contribution in [1.82, 2.24) is 0 Å². The fourth-order valence-corrected chi connectivity index (χ4v) is 3.32. The maximum Gasteiger partial charge on any atom is 0.387 e. The number of ether oxygens (including phenoxy) is 4. The zero-order chi connectivity index (χ0) is 24.8. The lowest BCUT2D eigenvalue weighted by atomic mass is 9.98. The summed E-state index contributed by atoms with van der Waals surface area (Å²) in [6, 6.07) is 16.1. The van der Waals surface area contributed by atoms with Crippen LogP contribution in [0.3, 0.4) is 0 Å². The fourth-order valence-electron chi connectivity index (χ4n) is 3.32. The topological polar surface area (TPSA) is 100 Å². The smallest absolute Gasteiger partial charge is 0.387 e. The van der Waals surface area contributed by atoms with Gasteiger partial charge in [0.1, 0.15) is 19.0 Å². The van der Waals surface area contributed by atoms with Gasteiger partial charge in [0.2, 0.25) is 0 Å². The summed E-state index contributed by atoms with van der Waals surface area (Å²) >= 11 is 0. The van der Waals surface area contributed by atoms with Gasteiger partial charge in [-0.25, -0.2) is 4.79 Å². The van der Waals surface area contributed by atoms with E-state index in [1.807, 2.05) is 0 Å². The maximum atomic E-state index is 13.1. The number of hydrogen-bond donors (Lipinski definition) is 1. The summed E-state index contributed by atoms with van der Waals surface area (Å²) in [6.45, 7) is -2.80. The first-order valence-electron chi connectivity index (χ1n) is 10.5. The zero-order valence-electron chi connectivity index (χ0n) is 18.2. The van der Waals surface area contributed by atoms with E-state index >= 15 is 0 Å². The highest BCUT2D eigenvalue weighted by Crippen LogP contribution is 2.31. The van der Waals surface area contributed by atoms with Gasteiger partial charge in [-0.2, -0.15) is 8.78 Å². The van der Waals surface area contributed by atoms with E-state index in [0.717, 1.165) is 0 Å². The van der Waals surface area contributed by atoms with Crippen LogP contribution in [0.15, 0.2) is 66.7 Å². The van der Waals surface area contributed by atoms with Crippen molar-refractivity contribution in [1.29, 1.82) is 0 Å². The van der Waals surface area contributed by atoms with Gasteiger partial charge in [0.25, 0.3) is 5.91 Å². The first-order chi connectivity index (χ1) is 16.9. The van der Waals surface area contributed by atoms with Crippen LogP contribution in [0.4, 0.5) is 14.5 Å². The lowest BCUT2D eigenvalue weighted by molar-refractivity contribution is -0.119. The highest BCUT2D eigenvalue weighted by molar-refractivity contribution is 6.14. The molecule has 0 bridgehead atoms. The van der Waals surface area contributed by atoms with Gasteiger partial charge in [-0.3, -0.25) is 9.59 Å². The van der Waals surface area contributed by atoms with Crippen LogP contribution < -0.4 is 19.5 Å². The second-order valence-corrected chi connectivity index (χ2v) is 7.26. The number of alkyl halides is 2. The Balaban J connectivity index is 1.39. The van der Waals surface area contributed by atoms with E-state index in [0.29, 0.717) is 36.0 Å². The number of rotatable bonds is 8. The number of hydrogen-bond acceptors (Lipinski definition) is 7. The van der Waals surface area contributed by atoms with Crippen molar-refractivity contribution >= 4 is 23.3 Å². The van der Waals surface area contributed by atoms with Crippen molar-refractivity contribution < 1.29 is 42.1 Å². The van der Waals surface area contributed by atoms with E-state index in [1.54, 1.807) is 30.3 Å². The van der Waals surface area contributed by atoms with E-state index in [2.05, 4.69) is 10.1 Å². The van der Waals surface area contributed by atoms with E-state index in [1.165, 1.54) is 36.4 Å². The summed E-state index contributed by atoms with van der Waals surface area (Å²) in [5, 5.41) is 2.47. The zero-order valence-corrected chi connectivity index (χ0v) is 18.2. The number of fused-ring (bicyclic) bond motifs is 1. The molecule has 0 atom stereocenters. The number of carbonyl (C=O) groups excluding carboxylic acids is 3. The minimum absolute atomic E-state index is 0.00584. The molecule has 1 amide bonds. The molecule has 3 aromatic carbocycles. The molecule has 0 radical (unpaired) electrons. The Bertz CT molecular complexity index is 1240. The molecule has 3 aromatic rings. The number of benzene rings is 3. The number of anilines is 1. The molecular formula is C25H19F2NO7. The molecule has 0 spiro atoms. The second-order valence-electron chi connectivity index (χ2n) is 7.26. The Morgan fingerprint density at radius 2 is 1.57 bits per heavy atom. The van der Waals surface area contributed by atoms with Gasteiger partial charge in [0, 0.05) is 16.8 Å². The third-order valence-electron chi connectivity index (χ3n) is 4.89. The van der Waals surface area contributed by atoms with Crippen molar-refractivity contribution in [3.63, 3.8) is 0 Å². The number of nitrogens with one attached hydrogen (secondary N) is 1. The van der Waals surface area contributed by atoms with Crippen LogP contribution in [-0.2, 0) is 9.53 Å². The van der Waals surface area contributed by atoms with Gasteiger partial charge in [0.15, 0.2) is 23.9 Å². The van der Waals surface area contributed by atoms with Gasteiger partial charge in [-0.05, 0) is 48.5 Å². The van der Waals surface area contributed by atoms with Crippen LogP contribution >= 0.6 is 0 Å². The predicted octanol–water partition coefficient (Wildman–Crippen LogP) is 4.09. The number of esters is 1. The quantitative estimate of drug-likeness (QED) is 0.381. The number of amides is 1. The van der Waals surface area contributed by atoms with Crippen LogP contribution in [0.5, 0.6) is 17.2 Å². The molecule has 1 heterocycles. The molecule has 35 heavy (non-hydrogen) atoms.